The van der Waals surface area contributed by atoms with Crippen LogP contribution in [0.1, 0.15) is 23.2 Å². The van der Waals surface area contributed by atoms with Gasteiger partial charge in [0.1, 0.15) is 17.4 Å². The summed E-state index contributed by atoms with van der Waals surface area (Å²) < 4.78 is 5.73. The maximum atomic E-state index is 12.8. The minimum absolute atomic E-state index is 0.100. The smallest absolute Gasteiger partial charge is 0.233 e. The van der Waals surface area contributed by atoms with Gasteiger partial charge in [-0.1, -0.05) is 36.4 Å². The van der Waals surface area contributed by atoms with Crippen LogP contribution in [0.3, 0.4) is 0 Å². The predicted octanol–water partition coefficient (Wildman–Crippen LogP) is 4.24. The lowest BCUT2D eigenvalue weighted by Crippen LogP contribution is -2.36. The molecule has 0 N–H and O–H groups in total. The van der Waals surface area contributed by atoms with Crippen molar-refractivity contribution in [2.45, 2.75) is 32.4 Å². The average Bonchev–Trinajstić information content (AvgIpc) is 3.23. The van der Waals surface area contributed by atoms with E-state index in [0.29, 0.717) is 13.0 Å². The highest BCUT2D eigenvalue weighted by Gasteiger charge is 2.30. The zero-order chi connectivity index (χ0) is 17.9. The Hall–Kier alpha value is -2.66. The molecule has 0 saturated heterocycles. The van der Waals surface area contributed by atoms with Crippen LogP contribution < -0.4 is 9.64 Å². The fourth-order valence-corrected chi connectivity index (χ4v) is 4.05. The van der Waals surface area contributed by atoms with Crippen LogP contribution in [0.2, 0.25) is 0 Å². The van der Waals surface area contributed by atoms with E-state index in [4.69, 9.17) is 4.74 Å². The highest BCUT2D eigenvalue weighted by atomic mass is 32.1. The number of nitrogens with zero attached hydrogens (tertiary/aromatic N) is 2. The number of hydrogen-bond acceptors (Lipinski definition) is 4. The summed E-state index contributed by atoms with van der Waals surface area (Å²) in [5.41, 5.74) is 3.08. The molecule has 2 heterocycles. The number of ether oxygens (including phenoxy) is 1. The van der Waals surface area contributed by atoms with Gasteiger partial charge in [-0.25, -0.2) is 4.98 Å². The highest BCUT2D eigenvalue weighted by Crippen LogP contribution is 2.32. The Morgan fingerprint density at radius 1 is 1.19 bits per heavy atom. The van der Waals surface area contributed by atoms with Gasteiger partial charge in [0.15, 0.2) is 0 Å². The number of carbonyl (C=O) groups excluding carboxylic acids is 1. The van der Waals surface area contributed by atoms with Crippen molar-refractivity contribution in [1.82, 2.24) is 4.98 Å². The van der Waals surface area contributed by atoms with Gasteiger partial charge >= 0.3 is 0 Å². The molecule has 1 aliphatic rings. The first-order valence-corrected chi connectivity index (χ1v) is 9.60. The molecular weight excluding hydrogens is 344 g/mol. The van der Waals surface area contributed by atoms with Gasteiger partial charge in [-0.15, -0.1) is 11.3 Å². The Morgan fingerprint density at radius 3 is 2.81 bits per heavy atom. The van der Waals surface area contributed by atoms with E-state index >= 15 is 0 Å². The molecule has 1 amide bonds. The Balaban J connectivity index is 1.40. The number of carbonyl (C=O) groups is 1. The molecular formula is C21H20N2O2S. The number of para-hydroxylation sites is 2. The van der Waals surface area contributed by atoms with Crippen molar-refractivity contribution >= 4 is 22.9 Å². The number of benzene rings is 2. The Bertz CT molecular complexity index is 907. The van der Waals surface area contributed by atoms with Gasteiger partial charge in [0.25, 0.3) is 0 Å². The summed E-state index contributed by atoms with van der Waals surface area (Å²) in [5, 5.41) is 2.83. The molecule has 132 valence electrons. The van der Waals surface area contributed by atoms with Gasteiger partial charge in [0, 0.05) is 17.1 Å². The maximum absolute atomic E-state index is 12.8. The SMILES string of the molecule is CC1Cc2ccccc2N1C(=O)Cc1csc(COc2ccccc2)n1. The monoisotopic (exact) mass is 364 g/mol. The second-order valence-electron chi connectivity index (χ2n) is 6.46. The highest BCUT2D eigenvalue weighted by molar-refractivity contribution is 7.09. The predicted molar refractivity (Wildman–Crippen MR) is 104 cm³/mol. The maximum Gasteiger partial charge on any atom is 0.233 e. The van der Waals surface area contributed by atoms with Crippen LogP contribution >= 0.6 is 11.3 Å². The first-order valence-electron chi connectivity index (χ1n) is 8.72. The Kier molecular flexibility index (Phi) is 4.71. The quantitative estimate of drug-likeness (QED) is 0.680. The molecule has 5 heteroatoms. The first kappa shape index (κ1) is 16.8. The van der Waals surface area contributed by atoms with Crippen LogP contribution in [-0.4, -0.2) is 16.9 Å². The van der Waals surface area contributed by atoms with Gasteiger partial charge < -0.3 is 9.64 Å². The van der Waals surface area contributed by atoms with Crippen LogP contribution in [0.15, 0.2) is 60.0 Å². The number of hydrogen-bond donors (Lipinski definition) is 0. The number of thiazole rings is 1. The van der Waals surface area contributed by atoms with Crippen molar-refractivity contribution < 1.29 is 9.53 Å². The second kappa shape index (κ2) is 7.30. The normalized spacial score (nSPS) is 15.7. The molecule has 4 nitrogen and oxygen atoms in total. The third-order valence-electron chi connectivity index (χ3n) is 4.51. The summed E-state index contributed by atoms with van der Waals surface area (Å²) in [6, 6.07) is 18.0. The molecule has 0 fully saturated rings. The lowest BCUT2D eigenvalue weighted by Gasteiger charge is -2.22. The average molecular weight is 364 g/mol. The molecule has 1 aliphatic heterocycles. The van der Waals surface area contributed by atoms with E-state index in [1.807, 2.05) is 58.8 Å². The molecule has 0 spiro atoms. The topological polar surface area (TPSA) is 42.4 Å². The molecule has 4 rings (SSSR count). The summed E-state index contributed by atoms with van der Waals surface area (Å²) in [6.45, 7) is 2.52. The minimum atomic E-state index is 0.100. The van der Waals surface area contributed by atoms with E-state index < -0.39 is 0 Å². The molecule has 1 unspecified atom stereocenters. The van der Waals surface area contributed by atoms with Gasteiger partial charge in [0.2, 0.25) is 5.91 Å². The summed E-state index contributed by atoms with van der Waals surface area (Å²) in [4.78, 5) is 19.3. The van der Waals surface area contributed by atoms with Crippen LogP contribution in [0.5, 0.6) is 5.75 Å². The summed E-state index contributed by atoms with van der Waals surface area (Å²) >= 11 is 1.53. The summed E-state index contributed by atoms with van der Waals surface area (Å²) in [7, 11) is 0. The largest absolute Gasteiger partial charge is 0.486 e. The van der Waals surface area contributed by atoms with E-state index in [-0.39, 0.29) is 11.9 Å². The Morgan fingerprint density at radius 2 is 1.96 bits per heavy atom. The molecule has 1 aromatic heterocycles. The van der Waals surface area contributed by atoms with Crippen LogP contribution in [0.25, 0.3) is 0 Å². The molecule has 0 aliphatic carbocycles. The third-order valence-corrected chi connectivity index (χ3v) is 5.38. The summed E-state index contributed by atoms with van der Waals surface area (Å²) in [6.07, 6.45) is 1.23. The molecule has 0 saturated carbocycles. The van der Waals surface area contributed by atoms with Gasteiger partial charge in [-0.2, -0.15) is 0 Å². The lowest BCUT2D eigenvalue weighted by atomic mass is 10.1. The molecule has 1 atom stereocenters. The van der Waals surface area contributed by atoms with Crippen LogP contribution in [0, 0.1) is 0 Å². The van der Waals surface area contributed by atoms with Gasteiger partial charge in [0.05, 0.1) is 12.1 Å². The van der Waals surface area contributed by atoms with Crippen LogP contribution in [0.4, 0.5) is 5.69 Å². The van der Waals surface area contributed by atoms with Gasteiger partial charge in [-0.3, -0.25) is 4.79 Å². The van der Waals surface area contributed by atoms with Crippen molar-refractivity contribution in [1.29, 1.82) is 0 Å². The van der Waals surface area contributed by atoms with E-state index in [2.05, 4.69) is 18.0 Å². The molecule has 0 radical (unpaired) electrons. The second-order valence-corrected chi connectivity index (χ2v) is 7.40. The van der Waals surface area contributed by atoms with Gasteiger partial charge in [-0.05, 0) is 37.1 Å². The third kappa shape index (κ3) is 3.48. The fourth-order valence-electron chi connectivity index (χ4n) is 3.34. The molecule has 2 aromatic carbocycles. The van der Waals surface area contributed by atoms with E-state index in [0.717, 1.165) is 28.6 Å². The fraction of sp³-hybridized carbons (Fsp3) is 0.238. The zero-order valence-corrected chi connectivity index (χ0v) is 15.4. The van der Waals surface area contributed by atoms with Crippen molar-refractivity contribution in [2.24, 2.45) is 0 Å². The van der Waals surface area contributed by atoms with Crippen molar-refractivity contribution in [3.63, 3.8) is 0 Å². The molecule has 0 bridgehead atoms. The minimum Gasteiger partial charge on any atom is -0.486 e. The van der Waals surface area contributed by atoms with E-state index in [1.54, 1.807) is 0 Å². The molecule has 3 aromatic rings. The van der Waals surface area contributed by atoms with E-state index in [9.17, 15) is 4.79 Å². The van der Waals surface area contributed by atoms with E-state index in [1.165, 1.54) is 16.9 Å². The number of anilines is 1. The standard InChI is InChI=1S/C21H20N2O2S/c1-15-11-16-7-5-6-10-19(16)23(15)21(24)12-17-14-26-20(22-17)13-25-18-8-3-2-4-9-18/h2-10,14-15H,11-13H2,1H3. The molecule has 26 heavy (non-hydrogen) atoms. The summed E-state index contributed by atoms with van der Waals surface area (Å²) in [5.74, 6) is 0.922. The van der Waals surface area contributed by atoms with Crippen LogP contribution in [-0.2, 0) is 24.2 Å². The van der Waals surface area contributed by atoms with Crippen molar-refractivity contribution in [2.75, 3.05) is 4.90 Å². The van der Waals surface area contributed by atoms with Crippen molar-refractivity contribution in [3.05, 3.63) is 76.2 Å². The van der Waals surface area contributed by atoms with Crippen molar-refractivity contribution in [3.8, 4) is 5.75 Å². The lowest BCUT2D eigenvalue weighted by molar-refractivity contribution is -0.118. The first-order chi connectivity index (χ1) is 12.7. The number of aromatic nitrogens is 1. The Labute approximate surface area is 157 Å². The number of fused-ring (bicyclic) bond motifs is 1. The zero-order valence-electron chi connectivity index (χ0n) is 14.6. The number of rotatable bonds is 5. The number of amides is 1.